The van der Waals surface area contributed by atoms with E-state index in [1.54, 1.807) is 29.7 Å². The first-order chi connectivity index (χ1) is 14.5. The number of nitrogens with zero attached hydrogens (tertiary/aromatic N) is 1. The van der Waals surface area contributed by atoms with E-state index in [1.807, 2.05) is 18.2 Å². The Morgan fingerprint density at radius 3 is 2.33 bits per heavy atom. The van der Waals surface area contributed by atoms with Crippen LogP contribution in [0.25, 0.3) is 22.4 Å². The molecule has 0 aliphatic rings. The number of para-hydroxylation sites is 1. The zero-order chi connectivity index (χ0) is 21.5. The summed E-state index contributed by atoms with van der Waals surface area (Å²) in [7, 11) is 0. The maximum Gasteiger partial charge on any atom is 0.250 e. The monoisotopic (exact) mass is 409 g/mol. The van der Waals surface area contributed by atoms with E-state index in [0.29, 0.717) is 41.9 Å². The molecule has 3 rings (SSSR count). The highest BCUT2D eigenvalue weighted by atomic mass is 16.5. The molecule has 0 saturated heterocycles. The number of H-pyrrole nitrogens is 1. The Kier molecular flexibility index (Phi) is 6.76. The van der Waals surface area contributed by atoms with Crippen molar-refractivity contribution in [2.24, 2.45) is 5.73 Å². The van der Waals surface area contributed by atoms with Crippen LogP contribution >= 0.6 is 0 Å². The lowest BCUT2D eigenvalue weighted by Crippen LogP contribution is -2.17. The standard InChI is InChI=1S/C21H23N5O4/c22-20(29)15-5-4-6-16-19(15)25-21(24-16)13-9-11-14(12-10-13)23-17(27)7-2-1-3-8-18(28)26-30/h4-6,9-12,30H,1-3,7-8H2,(H2,22,29)(H,23,27)(H,24,25)(H,26,28). The second-order valence-electron chi connectivity index (χ2n) is 6.87. The Labute approximate surface area is 172 Å². The summed E-state index contributed by atoms with van der Waals surface area (Å²) in [5.74, 6) is -0.462. The summed E-state index contributed by atoms with van der Waals surface area (Å²) in [6, 6.07) is 12.4. The van der Waals surface area contributed by atoms with Crippen molar-refractivity contribution in [1.82, 2.24) is 15.4 Å². The second-order valence-corrected chi connectivity index (χ2v) is 6.87. The third-order valence-corrected chi connectivity index (χ3v) is 4.65. The van der Waals surface area contributed by atoms with Gasteiger partial charge in [0.2, 0.25) is 11.8 Å². The number of nitrogens with two attached hydrogens (primary N) is 1. The van der Waals surface area contributed by atoms with Gasteiger partial charge in [0.05, 0.1) is 11.1 Å². The molecule has 1 heterocycles. The predicted octanol–water partition coefficient (Wildman–Crippen LogP) is 2.72. The number of hydroxylamine groups is 1. The number of aromatic nitrogens is 2. The Balaban J connectivity index is 1.57. The molecule has 2 aromatic carbocycles. The first kappa shape index (κ1) is 21.0. The van der Waals surface area contributed by atoms with Crippen LogP contribution < -0.4 is 16.5 Å². The third kappa shape index (κ3) is 5.21. The summed E-state index contributed by atoms with van der Waals surface area (Å²) in [4.78, 5) is 42.2. The first-order valence-corrected chi connectivity index (χ1v) is 9.59. The van der Waals surface area contributed by atoms with Crippen molar-refractivity contribution in [3.05, 3.63) is 48.0 Å². The van der Waals surface area contributed by atoms with Crippen LogP contribution in [0.4, 0.5) is 5.69 Å². The van der Waals surface area contributed by atoms with Crippen molar-refractivity contribution in [3.63, 3.8) is 0 Å². The lowest BCUT2D eigenvalue weighted by molar-refractivity contribution is -0.129. The smallest absolute Gasteiger partial charge is 0.250 e. The number of unbranched alkanes of at least 4 members (excludes halogenated alkanes) is 2. The molecular weight excluding hydrogens is 386 g/mol. The summed E-state index contributed by atoms with van der Waals surface area (Å²) in [5, 5.41) is 11.3. The number of rotatable bonds is 9. The Morgan fingerprint density at radius 1 is 0.967 bits per heavy atom. The highest BCUT2D eigenvalue weighted by Crippen LogP contribution is 2.24. The Bertz CT molecular complexity index is 1060. The number of benzene rings is 2. The van der Waals surface area contributed by atoms with Gasteiger partial charge in [0.15, 0.2) is 0 Å². The summed E-state index contributed by atoms with van der Waals surface area (Å²) in [6.45, 7) is 0. The quantitative estimate of drug-likeness (QED) is 0.209. The van der Waals surface area contributed by atoms with Gasteiger partial charge >= 0.3 is 0 Å². The molecule has 3 amide bonds. The van der Waals surface area contributed by atoms with E-state index < -0.39 is 11.8 Å². The molecule has 1 aromatic heterocycles. The van der Waals surface area contributed by atoms with Crippen molar-refractivity contribution in [1.29, 1.82) is 0 Å². The molecule has 0 aliphatic carbocycles. The van der Waals surface area contributed by atoms with Crippen LogP contribution in [-0.4, -0.2) is 32.9 Å². The number of hydrogen-bond donors (Lipinski definition) is 5. The van der Waals surface area contributed by atoms with Crippen molar-refractivity contribution >= 4 is 34.4 Å². The SMILES string of the molecule is NC(=O)c1cccc2[nH]c(-c3ccc(NC(=O)CCCCCC(=O)NO)cc3)nc12. The fraction of sp³-hybridized carbons (Fsp3) is 0.238. The second kappa shape index (κ2) is 9.66. The molecule has 3 aromatic rings. The molecule has 0 fully saturated rings. The van der Waals surface area contributed by atoms with E-state index in [4.69, 9.17) is 10.9 Å². The molecule has 30 heavy (non-hydrogen) atoms. The van der Waals surface area contributed by atoms with Gasteiger partial charge < -0.3 is 16.0 Å². The molecule has 0 atom stereocenters. The van der Waals surface area contributed by atoms with E-state index in [-0.39, 0.29) is 12.3 Å². The molecule has 9 nitrogen and oxygen atoms in total. The van der Waals surface area contributed by atoms with Gasteiger partial charge in [0.1, 0.15) is 11.3 Å². The van der Waals surface area contributed by atoms with Crippen LogP contribution in [-0.2, 0) is 9.59 Å². The number of aromatic amines is 1. The molecule has 9 heteroatoms. The predicted molar refractivity (Wildman–Crippen MR) is 112 cm³/mol. The van der Waals surface area contributed by atoms with Crippen LogP contribution in [0.3, 0.4) is 0 Å². The molecular formula is C21H23N5O4. The van der Waals surface area contributed by atoms with Crippen molar-refractivity contribution in [2.45, 2.75) is 32.1 Å². The fourth-order valence-electron chi connectivity index (χ4n) is 3.11. The number of anilines is 1. The number of amides is 3. The van der Waals surface area contributed by atoms with Crippen LogP contribution in [0.1, 0.15) is 42.5 Å². The number of carbonyl (C=O) groups is 3. The van der Waals surface area contributed by atoms with Crippen molar-refractivity contribution in [3.8, 4) is 11.4 Å². The number of carbonyl (C=O) groups excluding carboxylic acids is 3. The van der Waals surface area contributed by atoms with E-state index in [0.717, 1.165) is 17.5 Å². The fourth-order valence-corrected chi connectivity index (χ4v) is 3.11. The number of imidazole rings is 1. The van der Waals surface area contributed by atoms with Gasteiger partial charge in [0, 0.05) is 24.1 Å². The van der Waals surface area contributed by atoms with E-state index >= 15 is 0 Å². The highest BCUT2D eigenvalue weighted by molar-refractivity contribution is 6.04. The molecule has 0 aliphatic heterocycles. The van der Waals surface area contributed by atoms with Crippen LogP contribution in [0.15, 0.2) is 42.5 Å². The van der Waals surface area contributed by atoms with Gasteiger partial charge in [0.25, 0.3) is 5.91 Å². The molecule has 0 spiro atoms. The minimum absolute atomic E-state index is 0.107. The molecule has 156 valence electrons. The summed E-state index contributed by atoms with van der Waals surface area (Å²) in [5.41, 5.74) is 10.1. The number of primary amides is 1. The topological polar surface area (TPSA) is 150 Å². The number of fused-ring (bicyclic) bond motifs is 1. The Morgan fingerprint density at radius 2 is 1.67 bits per heavy atom. The van der Waals surface area contributed by atoms with Crippen LogP contribution in [0.2, 0.25) is 0 Å². The van der Waals surface area contributed by atoms with Gasteiger partial charge in [-0.05, 0) is 49.2 Å². The highest BCUT2D eigenvalue weighted by Gasteiger charge is 2.12. The maximum absolute atomic E-state index is 12.0. The zero-order valence-electron chi connectivity index (χ0n) is 16.3. The number of nitrogens with one attached hydrogen (secondary N) is 3. The molecule has 0 radical (unpaired) electrons. The van der Waals surface area contributed by atoms with Gasteiger partial charge in [-0.2, -0.15) is 0 Å². The number of hydrogen-bond acceptors (Lipinski definition) is 5. The molecule has 0 unspecified atom stereocenters. The third-order valence-electron chi connectivity index (χ3n) is 4.65. The zero-order valence-corrected chi connectivity index (χ0v) is 16.3. The lowest BCUT2D eigenvalue weighted by Gasteiger charge is -2.06. The van der Waals surface area contributed by atoms with Gasteiger partial charge in [-0.25, -0.2) is 10.5 Å². The first-order valence-electron chi connectivity index (χ1n) is 9.59. The van der Waals surface area contributed by atoms with E-state index in [1.165, 1.54) is 0 Å². The average molecular weight is 409 g/mol. The van der Waals surface area contributed by atoms with Crippen LogP contribution in [0.5, 0.6) is 0 Å². The van der Waals surface area contributed by atoms with Gasteiger partial charge in [-0.1, -0.05) is 12.5 Å². The van der Waals surface area contributed by atoms with Crippen LogP contribution in [0, 0.1) is 0 Å². The summed E-state index contributed by atoms with van der Waals surface area (Å²) in [6.07, 6.45) is 2.58. The molecule has 0 saturated carbocycles. The largest absolute Gasteiger partial charge is 0.366 e. The molecule has 6 N–H and O–H groups in total. The average Bonchev–Trinajstić information content (AvgIpc) is 3.18. The Hall–Kier alpha value is -3.72. The summed E-state index contributed by atoms with van der Waals surface area (Å²) >= 11 is 0. The molecule has 0 bridgehead atoms. The maximum atomic E-state index is 12.0. The minimum atomic E-state index is -0.534. The lowest BCUT2D eigenvalue weighted by atomic mass is 10.1. The minimum Gasteiger partial charge on any atom is -0.366 e. The van der Waals surface area contributed by atoms with E-state index in [2.05, 4.69) is 15.3 Å². The van der Waals surface area contributed by atoms with Crippen molar-refractivity contribution < 1.29 is 19.6 Å². The van der Waals surface area contributed by atoms with Gasteiger partial charge in [-0.15, -0.1) is 0 Å². The van der Waals surface area contributed by atoms with E-state index in [9.17, 15) is 14.4 Å². The van der Waals surface area contributed by atoms with Gasteiger partial charge in [-0.3, -0.25) is 19.6 Å². The summed E-state index contributed by atoms with van der Waals surface area (Å²) < 4.78 is 0. The normalized spacial score (nSPS) is 10.7. The van der Waals surface area contributed by atoms with Crippen molar-refractivity contribution in [2.75, 3.05) is 5.32 Å².